The Labute approximate surface area is 186 Å². The maximum absolute atomic E-state index is 12.8. The molecule has 1 aliphatic heterocycles. The van der Waals surface area contributed by atoms with E-state index >= 15 is 0 Å². The number of hydrogen-bond acceptors (Lipinski definition) is 6. The maximum atomic E-state index is 12.8. The number of morpholine rings is 1. The summed E-state index contributed by atoms with van der Waals surface area (Å²) in [6.07, 6.45) is -3.80. The number of nitrogens with zero attached hydrogens (tertiary/aromatic N) is 2. The maximum Gasteiger partial charge on any atom is 0.417 e. The minimum Gasteiger partial charge on any atom is -0.379 e. The second kappa shape index (κ2) is 9.74. The van der Waals surface area contributed by atoms with Gasteiger partial charge in [-0.3, -0.25) is 4.79 Å². The second-order valence-corrected chi connectivity index (χ2v) is 9.72. The van der Waals surface area contributed by atoms with Gasteiger partial charge in [0.25, 0.3) is 0 Å². The lowest BCUT2D eigenvalue weighted by molar-refractivity contribution is -0.137. The SMILES string of the molecule is O=C(CSc1ccc(C(F)(F)F)cn1)Nc1cc(S(=O)(=O)N2CCOCC2)ccc1Cl. The predicted molar refractivity (Wildman–Crippen MR) is 110 cm³/mol. The van der Waals surface area contributed by atoms with Gasteiger partial charge in [0.2, 0.25) is 15.9 Å². The first-order chi connectivity index (χ1) is 14.6. The molecule has 7 nitrogen and oxygen atoms in total. The van der Waals surface area contributed by atoms with Crippen molar-refractivity contribution in [3.8, 4) is 0 Å². The fourth-order valence-electron chi connectivity index (χ4n) is 2.66. The molecule has 1 amide bonds. The third-order valence-electron chi connectivity index (χ3n) is 4.23. The lowest BCUT2D eigenvalue weighted by Gasteiger charge is -2.26. The summed E-state index contributed by atoms with van der Waals surface area (Å²) in [4.78, 5) is 15.9. The molecule has 0 bridgehead atoms. The predicted octanol–water partition coefficient (Wildman–Crippen LogP) is 3.51. The number of amides is 1. The monoisotopic (exact) mass is 495 g/mol. The van der Waals surface area contributed by atoms with Crippen LogP contribution in [0.15, 0.2) is 46.5 Å². The number of alkyl halides is 3. The third kappa shape index (κ3) is 6.10. The van der Waals surface area contributed by atoms with Crippen LogP contribution in [0.5, 0.6) is 0 Å². The Morgan fingerprint density at radius 2 is 1.94 bits per heavy atom. The largest absolute Gasteiger partial charge is 0.417 e. The highest BCUT2D eigenvalue weighted by atomic mass is 35.5. The molecule has 1 fully saturated rings. The van der Waals surface area contributed by atoms with Crippen molar-refractivity contribution in [1.29, 1.82) is 0 Å². The number of halogens is 4. The fraction of sp³-hybridized carbons (Fsp3) is 0.333. The van der Waals surface area contributed by atoms with E-state index in [9.17, 15) is 26.4 Å². The zero-order valence-electron chi connectivity index (χ0n) is 15.9. The zero-order chi connectivity index (χ0) is 22.6. The van der Waals surface area contributed by atoms with Crippen LogP contribution < -0.4 is 5.32 Å². The van der Waals surface area contributed by atoms with Crippen molar-refractivity contribution in [2.75, 3.05) is 37.4 Å². The summed E-state index contributed by atoms with van der Waals surface area (Å²) in [7, 11) is -3.77. The Morgan fingerprint density at radius 1 is 1.23 bits per heavy atom. The number of aromatic nitrogens is 1. The van der Waals surface area contributed by atoms with Crippen LogP contribution >= 0.6 is 23.4 Å². The van der Waals surface area contributed by atoms with Gasteiger partial charge in [0.1, 0.15) is 0 Å². The molecule has 0 spiro atoms. The van der Waals surface area contributed by atoms with Gasteiger partial charge in [-0.2, -0.15) is 17.5 Å². The molecule has 168 valence electrons. The van der Waals surface area contributed by atoms with Crippen molar-refractivity contribution in [3.63, 3.8) is 0 Å². The Bertz CT molecular complexity index is 1040. The lowest BCUT2D eigenvalue weighted by atomic mass is 10.3. The summed E-state index contributed by atoms with van der Waals surface area (Å²) in [5.41, 5.74) is -0.770. The van der Waals surface area contributed by atoms with Gasteiger partial charge < -0.3 is 10.1 Å². The summed E-state index contributed by atoms with van der Waals surface area (Å²) < 4.78 is 69.7. The molecule has 0 saturated carbocycles. The highest BCUT2D eigenvalue weighted by Crippen LogP contribution is 2.30. The van der Waals surface area contributed by atoms with Gasteiger partial charge in [0.15, 0.2) is 0 Å². The third-order valence-corrected chi connectivity index (χ3v) is 7.40. The summed E-state index contributed by atoms with van der Waals surface area (Å²) >= 11 is 7.02. The van der Waals surface area contributed by atoms with Gasteiger partial charge in [0, 0.05) is 19.3 Å². The van der Waals surface area contributed by atoms with E-state index < -0.39 is 27.7 Å². The van der Waals surface area contributed by atoms with E-state index in [1.807, 2.05) is 0 Å². The van der Waals surface area contributed by atoms with Crippen LogP contribution in [0.4, 0.5) is 18.9 Å². The Morgan fingerprint density at radius 3 is 2.55 bits per heavy atom. The van der Waals surface area contributed by atoms with Gasteiger partial charge in [-0.25, -0.2) is 13.4 Å². The topological polar surface area (TPSA) is 88.6 Å². The second-order valence-electron chi connectivity index (χ2n) is 6.38. The molecule has 31 heavy (non-hydrogen) atoms. The molecular formula is C18H17ClF3N3O4S2. The number of hydrogen-bond donors (Lipinski definition) is 1. The molecule has 0 unspecified atom stereocenters. The normalized spacial score (nSPS) is 15.6. The number of carbonyl (C=O) groups is 1. The van der Waals surface area contributed by atoms with Gasteiger partial charge in [0.05, 0.1) is 45.2 Å². The molecule has 0 aliphatic carbocycles. The van der Waals surface area contributed by atoms with Crippen molar-refractivity contribution in [3.05, 3.63) is 47.1 Å². The molecule has 2 aromatic rings. The van der Waals surface area contributed by atoms with Crippen molar-refractivity contribution in [1.82, 2.24) is 9.29 Å². The van der Waals surface area contributed by atoms with Crippen LogP contribution in [0.25, 0.3) is 0 Å². The molecule has 1 saturated heterocycles. The molecule has 1 N–H and O–H groups in total. The summed E-state index contributed by atoms with van der Waals surface area (Å²) in [6, 6.07) is 6.04. The molecule has 2 heterocycles. The number of benzene rings is 1. The smallest absolute Gasteiger partial charge is 0.379 e. The van der Waals surface area contributed by atoms with Gasteiger partial charge >= 0.3 is 6.18 Å². The van der Waals surface area contributed by atoms with Crippen LogP contribution in [-0.2, 0) is 25.7 Å². The molecule has 1 aliphatic rings. The number of nitrogens with one attached hydrogen (secondary N) is 1. The highest BCUT2D eigenvalue weighted by molar-refractivity contribution is 7.99. The molecule has 0 atom stereocenters. The van der Waals surface area contributed by atoms with E-state index in [4.69, 9.17) is 16.3 Å². The number of ether oxygens (including phenoxy) is 1. The molecule has 3 rings (SSSR count). The average molecular weight is 496 g/mol. The van der Waals surface area contributed by atoms with Crippen LogP contribution in [0.1, 0.15) is 5.56 Å². The number of anilines is 1. The Hall–Kier alpha value is -1.86. The molecular weight excluding hydrogens is 479 g/mol. The van der Waals surface area contributed by atoms with Crippen LogP contribution in [-0.4, -0.2) is 55.7 Å². The van der Waals surface area contributed by atoms with E-state index in [2.05, 4.69) is 10.3 Å². The lowest BCUT2D eigenvalue weighted by Crippen LogP contribution is -2.40. The van der Waals surface area contributed by atoms with Crippen LogP contribution in [0, 0.1) is 0 Å². The summed E-state index contributed by atoms with van der Waals surface area (Å²) in [5.74, 6) is -0.677. The van der Waals surface area contributed by atoms with Crippen molar-refractivity contribution >= 4 is 45.0 Å². The van der Waals surface area contributed by atoms with Crippen molar-refractivity contribution in [2.45, 2.75) is 16.1 Å². The van der Waals surface area contributed by atoms with Gasteiger partial charge in [-0.15, -0.1) is 0 Å². The first kappa shape index (κ1) is 23.8. The Kier molecular flexibility index (Phi) is 7.47. The highest BCUT2D eigenvalue weighted by Gasteiger charge is 2.30. The number of carbonyl (C=O) groups excluding carboxylic acids is 1. The zero-order valence-corrected chi connectivity index (χ0v) is 18.2. The minimum absolute atomic E-state index is 0.0221. The number of thioether (sulfide) groups is 1. The fourth-order valence-corrected chi connectivity index (χ4v) is 4.90. The van der Waals surface area contributed by atoms with Gasteiger partial charge in [-0.05, 0) is 30.3 Å². The van der Waals surface area contributed by atoms with E-state index in [1.165, 1.54) is 28.6 Å². The molecule has 1 aromatic carbocycles. The first-order valence-electron chi connectivity index (χ1n) is 8.91. The van der Waals surface area contributed by atoms with E-state index in [1.54, 1.807) is 0 Å². The van der Waals surface area contributed by atoms with E-state index in [0.29, 0.717) is 19.4 Å². The number of sulfonamides is 1. The summed E-state index contributed by atoms with van der Waals surface area (Å²) in [5, 5.41) is 2.90. The van der Waals surface area contributed by atoms with Crippen LogP contribution in [0.3, 0.4) is 0 Å². The first-order valence-corrected chi connectivity index (χ1v) is 11.7. The summed E-state index contributed by atoms with van der Waals surface area (Å²) in [6.45, 7) is 1.05. The molecule has 13 heteroatoms. The quantitative estimate of drug-likeness (QED) is 0.617. The van der Waals surface area contributed by atoms with Crippen LogP contribution in [0.2, 0.25) is 5.02 Å². The van der Waals surface area contributed by atoms with Crippen molar-refractivity contribution in [2.24, 2.45) is 0 Å². The molecule has 1 aromatic heterocycles. The standard InChI is InChI=1S/C18H17ClF3N3O4S2/c19-14-3-2-13(31(27,28)25-5-7-29-8-6-25)9-15(14)24-16(26)11-30-17-4-1-12(10-23-17)18(20,21)22/h1-4,9-10H,5-8,11H2,(H,24,26). The molecule has 0 radical (unpaired) electrons. The minimum atomic E-state index is -4.49. The Balaban J connectivity index is 1.65. The van der Waals surface area contributed by atoms with E-state index in [0.717, 1.165) is 17.8 Å². The van der Waals surface area contributed by atoms with Crippen molar-refractivity contribution < 1.29 is 31.1 Å². The van der Waals surface area contributed by atoms with E-state index in [-0.39, 0.29) is 39.5 Å². The average Bonchev–Trinajstić information content (AvgIpc) is 2.74. The van der Waals surface area contributed by atoms with Gasteiger partial charge in [-0.1, -0.05) is 23.4 Å². The number of rotatable bonds is 6. The number of pyridine rings is 1.